The van der Waals surface area contributed by atoms with Gasteiger partial charge >= 0.3 is 0 Å². The minimum Gasteiger partial charge on any atom is -0.382 e. The lowest BCUT2D eigenvalue weighted by atomic mass is 9.90. The van der Waals surface area contributed by atoms with Crippen LogP contribution >= 0.6 is 0 Å². The molecule has 1 aliphatic heterocycles. The zero-order chi connectivity index (χ0) is 20.6. The van der Waals surface area contributed by atoms with Crippen LogP contribution in [-0.2, 0) is 27.3 Å². The van der Waals surface area contributed by atoms with Gasteiger partial charge in [-0.25, -0.2) is 14.4 Å². The first-order valence-corrected chi connectivity index (χ1v) is 9.98. The first-order valence-electron chi connectivity index (χ1n) is 9.98. The second-order valence-electron chi connectivity index (χ2n) is 7.30. The fraction of sp³-hybridized carbons (Fsp3) is 0.500. The second-order valence-corrected chi connectivity index (χ2v) is 7.30. The summed E-state index contributed by atoms with van der Waals surface area (Å²) in [4.78, 5) is 23.4. The summed E-state index contributed by atoms with van der Waals surface area (Å²) in [5.41, 5.74) is 2.44. The Labute approximate surface area is 171 Å². The number of piperidine rings is 1. The number of likely N-dealkylation sites (tertiary alicyclic amines) is 1. The average Bonchev–Trinajstić information content (AvgIpc) is 2.74. The van der Waals surface area contributed by atoms with Crippen LogP contribution in [0.4, 0.5) is 4.39 Å². The summed E-state index contributed by atoms with van der Waals surface area (Å²) in [7, 11) is 1.64. The zero-order valence-electron chi connectivity index (χ0n) is 17.1. The number of rotatable bonds is 8. The molecule has 2 aromatic rings. The van der Waals surface area contributed by atoms with Crippen LogP contribution < -0.4 is 0 Å². The zero-order valence-corrected chi connectivity index (χ0v) is 17.1. The van der Waals surface area contributed by atoms with Crippen LogP contribution in [0.5, 0.6) is 0 Å². The first kappa shape index (κ1) is 21.3. The number of benzene rings is 1. The molecule has 156 valence electrons. The number of hydrogen-bond donors (Lipinski definition) is 0. The van der Waals surface area contributed by atoms with E-state index in [0.717, 1.165) is 29.9 Å². The van der Waals surface area contributed by atoms with Crippen LogP contribution in [0, 0.1) is 12.7 Å². The van der Waals surface area contributed by atoms with Gasteiger partial charge in [-0.3, -0.25) is 4.79 Å². The van der Waals surface area contributed by atoms with E-state index in [1.54, 1.807) is 25.3 Å². The maximum Gasteiger partial charge on any atom is 0.227 e. The topological polar surface area (TPSA) is 64.6 Å². The lowest BCUT2D eigenvalue weighted by Gasteiger charge is -2.32. The highest BCUT2D eigenvalue weighted by Crippen LogP contribution is 2.29. The monoisotopic (exact) mass is 401 g/mol. The van der Waals surface area contributed by atoms with E-state index in [9.17, 15) is 9.18 Å². The molecule has 1 saturated heterocycles. The Hall–Kier alpha value is -2.38. The molecule has 0 saturated carbocycles. The molecule has 0 spiro atoms. The van der Waals surface area contributed by atoms with Crippen LogP contribution in [0.15, 0.2) is 30.5 Å². The van der Waals surface area contributed by atoms with Gasteiger partial charge in [-0.1, -0.05) is 18.2 Å². The molecule has 0 aliphatic carbocycles. The number of ether oxygens (including phenoxy) is 2. The second kappa shape index (κ2) is 10.4. The van der Waals surface area contributed by atoms with E-state index in [0.29, 0.717) is 38.5 Å². The molecule has 6 nitrogen and oxygen atoms in total. The summed E-state index contributed by atoms with van der Waals surface area (Å²) < 4.78 is 24.5. The quantitative estimate of drug-likeness (QED) is 0.636. The summed E-state index contributed by atoms with van der Waals surface area (Å²) in [6, 6.07) is 6.45. The number of amides is 1. The lowest BCUT2D eigenvalue weighted by molar-refractivity contribution is -0.131. The van der Waals surface area contributed by atoms with Gasteiger partial charge in [0.05, 0.1) is 31.9 Å². The van der Waals surface area contributed by atoms with Gasteiger partial charge in [0.25, 0.3) is 0 Å². The summed E-state index contributed by atoms with van der Waals surface area (Å²) in [5.74, 6) is 0.634. The molecule has 0 bridgehead atoms. The third-order valence-electron chi connectivity index (χ3n) is 5.24. The third-order valence-corrected chi connectivity index (χ3v) is 5.24. The largest absolute Gasteiger partial charge is 0.382 e. The van der Waals surface area contributed by atoms with E-state index in [-0.39, 0.29) is 24.1 Å². The molecule has 1 amide bonds. The molecular weight excluding hydrogens is 373 g/mol. The van der Waals surface area contributed by atoms with Gasteiger partial charge in [0.15, 0.2) is 0 Å². The Kier molecular flexibility index (Phi) is 7.66. The van der Waals surface area contributed by atoms with Crippen LogP contribution in [0.1, 0.15) is 41.4 Å². The molecule has 1 aromatic carbocycles. The van der Waals surface area contributed by atoms with Crippen molar-refractivity contribution < 1.29 is 18.7 Å². The van der Waals surface area contributed by atoms with Crippen molar-refractivity contribution in [1.29, 1.82) is 0 Å². The molecule has 0 radical (unpaired) electrons. The summed E-state index contributed by atoms with van der Waals surface area (Å²) in [6.07, 6.45) is 3.58. The van der Waals surface area contributed by atoms with Crippen LogP contribution in [0.2, 0.25) is 0 Å². The molecule has 0 atom stereocenters. The summed E-state index contributed by atoms with van der Waals surface area (Å²) in [5, 5.41) is 0. The number of carbonyl (C=O) groups excluding carboxylic acids is 1. The average molecular weight is 401 g/mol. The maximum absolute atomic E-state index is 13.8. The van der Waals surface area contributed by atoms with E-state index in [2.05, 4.69) is 9.97 Å². The van der Waals surface area contributed by atoms with Crippen molar-refractivity contribution in [3.63, 3.8) is 0 Å². The van der Waals surface area contributed by atoms with Crippen LogP contribution in [0.25, 0.3) is 0 Å². The molecule has 0 N–H and O–H groups in total. The van der Waals surface area contributed by atoms with Gasteiger partial charge in [0.1, 0.15) is 11.6 Å². The Morgan fingerprint density at radius 3 is 2.69 bits per heavy atom. The van der Waals surface area contributed by atoms with Crippen molar-refractivity contribution in [2.75, 3.05) is 33.4 Å². The summed E-state index contributed by atoms with van der Waals surface area (Å²) >= 11 is 0. The molecule has 0 unspecified atom stereocenters. The molecule has 1 aliphatic rings. The first-order chi connectivity index (χ1) is 14.1. The van der Waals surface area contributed by atoms with Gasteiger partial charge in [-0.15, -0.1) is 0 Å². The van der Waals surface area contributed by atoms with E-state index < -0.39 is 0 Å². The predicted molar refractivity (Wildman–Crippen MR) is 107 cm³/mol. The number of halogens is 1. The van der Waals surface area contributed by atoms with Crippen molar-refractivity contribution in [3.8, 4) is 0 Å². The molecule has 7 heteroatoms. The van der Waals surface area contributed by atoms with E-state index >= 15 is 0 Å². The van der Waals surface area contributed by atoms with Gasteiger partial charge in [0.2, 0.25) is 5.91 Å². The smallest absolute Gasteiger partial charge is 0.227 e. The van der Waals surface area contributed by atoms with Crippen LogP contribution in [0.3, 0.4) is 0 Å². The molecule has 2 heterocycles. The van der Waals surface area contributed by atoms with Crippen molar-refractivity contribution >= 4 is 5.91 Å². The fourth-order valence-corrected chi connectivity index (χ4v) is 3.62. The summed E-state index contributed by atoms with van der Waals surface area (Å²) in [6.45, 7) is 4.69. The van der Waals surface area contributed by atoms with Gasteiger partial charge in [0, 0.05) is 37.9 Å². The minimum atomic E-state index is -0.328. The lowest BCUT2D eigenvalue weighted by Crippen LogP contribution is -2.39. The van der Waals surface area contributed by atoms with E-state index in [1.807, 2.05) is 18.0 Å². The molecule has 29 heavy (non-hydrogen) atoms. The highest BCUT2D eigenvalue weighted by molar-refractivity contribution is 5.79. The minimum absolute atomic E-state index is 0.0319. The predicted octanol–water partition coefficient (Wildman–Crippen LogP) is 3.04. The molecule has 1 aromatic heterocycles. The SMILES string of the molecule is COCCOCc1cnc(C)nc1C1CCN(C(=O)Cc2ccccc2F)CC1. The van der Waals surface area contributed by atoms with Crippen molar-refractivity contribution in [2.24, 2.45) is 0 Å². The third kappa shape index (κ3) is 5.81. The number of aromatic nitrogens is 2. The Morgan fingerprint density at radius 1 is 1.21 bits per heavy atom. The standard InChI is InChI=1S/C22H28FN3O3/c1-16-24-14-19(15-29-12-11-28-2)22(25-16)17-7-9-26(10-8-17)21(27)13-18-5-3-4-6-20(18)23/h3-6,14,17H,7-13,15H2,1-2H3. The Balaban J connectivity index is 1.59. The number of hydrogen-bond acceptors (Lipinski definition) is 5. The number of aryl methyl sites for hydroxylation is 1. The molecule has 3 rings (SSSR count). The van der Waals surface area contributed by atoms with Gasteiger partial charge < -0.3 is 14.4 Å². The van der Waals surface area contributed by atoms with Crippen molar-refractivity contribution in [2.45, 2.75) is 38.7 Å². The molecule has 1 fully saturated rings. The van der Waals surface area contributed by atoms with Crippen molar-refractivity contribution in [1.82, 2.24) is 14.9 Å². The number of nitrogens with zero attached hydrogens (tertiary/aromatic N) is 3. The molecular formula is C22H28FN3O3. The highest BCUT2D eigenvalue weighted by Gasteiger charge is 2.27. The van der Waals surface area contributed by atoms with E-state index in [1.165, 1.54) is 6.07 Å². The Morgan fingerprint density at radius 2 is 1.97 bits per heavy atom. The van der Waals surface area contributed by atoms with Gasteiger partial charge in [-0.2, -0.15) is 0 Å². The number of carbonyl (C=O) groups is 1. The van der Waals surface area contributed by atoms with Crippen LogP contribution in [-0.4, -0.2) is 54.2 Å². The number of methoxy groups -OCH3 is 1. The Bertz CT molecular complexity index is 823. The normalized spacial score (nSPS) is 14.9. The van der Waals surface area contributed by atoms with Gasteiger partial charge in [-0.05, 0) is 31.4 Å². The van der Waals surface area contributed by atoms with Crippen molar-refractivity contribution in [3.05, 3.63) is 58.9 Å². The highest BCUT2D eigenvalue weighted by atomic mass is 19.1. The van der Waals surface area contributed by atoms with E-state index in [4.69, 9.17) is 9.47 Å². The maximum atomic E-state index is 13.8. The fourth-order valence-electron chi connectivity index (χ4n) is 3.62.